The van der Waals surface area contributed by atoms with Crippen LogP contribution in [0, 0.1) is 10.1 Å². The van der Waals surface area contributed by atoms with Crippen LogP contribution in [0.15, 0.2) is 78.9 Å². The van der Waals surface area contributed by atoms with Gasteiger partial charge in [0, 0.05) is 18.7 Å². The standard InChI is InChI=1S/C23H24N2O4/c26-23(16-24-15-14-18-6-10-21(11-7-18)25(27)28)20-8-12-22(13-9-20)29-17-19-4-2-1-3-5-19/h1-13,23-24,26H,14-17H2. The fourth-order valence-corrected chi connectivity index (χ4v) is 2.90. The molecule has 0 heterocycles. The van der Waals surface area contributed by atoms with Gasteiger partial charge >= 0.3 is 0 Å². The Morgan fingerprint density at radius 1 is 0.931 bits per heavy atom. The van der Waals surface area contributed by atoms with E-state index in [2.05, 4.69) is 5.32 Å². The number of aliphatic hydroxyl groups is 1. The van der Waals surface area contributed by atoms with E-state index in [9.17, 15) is 15.2 Å². The normalized spacial score (nSPS) is 11.8. The number of nitro benzene ring substituents is 1. The molecule has 3 aromatic carbocycles. The predicted octanol–water partition coefficient (Wildman–Crippen LogP) is 4.04. The van der Waals surface area contributed by atoms with Gasteiger partial charge in [0.05, 0.1) is 11.0 Å². The Morgan fingerprint density at radius 2 is 1.62 bits per heavy atom. The van der Waals surface area contributed by atoms with Crippen molar-refractivity contribution in [2.75, 3.05) is 13.1 Å². The molecule has 29 heavy (non-hydrogen) atoms. The Kier molecular flexibility index (Phi) is 7.33. The van der Waals surface area contributed by atoms with Crippen molar-refractivity contribution in [2.45, 2.75) is 19.1 Å². The fourth-order valence-electron chi connectivity index (χ4n) is 2.90. The van der Waals surface area contributed by atoms with Crippen LogP contribution in [0.5, 0.6) is 5.75 Å². The first-order valence-corrected chi connectivity index (χ1v) is 9.50. The van der Waals surface area contributed by atoms with Crippen molar-refractivity contribution >= 4 is 5.69 Å². The summed E-state index contributed by atoms with van der Waals surface area (Å²) >= 11 is 0. The first-order chi connectivity index (χ1) is 14.1. The number of non-ortho nitro benzene ring substituents is 1. The second-order valence-corrected chi connectivity index (χ2v) is 6.74. The van der Waals surface area contributed by atoms with E-state index in [1.807, 2.05) is 54.6 Å². The Labute approximate surface area is 169 Å². The molecule has 0 amide bonds. The molecular weight excluding hydrogens is 368 g/mol. The molecule has 2 N–H and O–H groups in total. The summed E-state index contributed by atoms with van der Waals surface area (Å²) in [4.78, 5) is 10.3. The SMILES string of the molecule is O=[N+]([O-])c1ccc(CCNCC(O)c2ccc(OCc3ccccc3)cc2)cc1. The van der Waals surface area contributed by atoms with Gasteiger partial charge in [0.1, 0.15) is 12.4 Å². The van der Waals surface area contributed by atoms with Crippen molar-refractivity contribution in [3.05, 3.63) is 106 Å². The average molecular weight is 392 g/mol. The van der Waals surface area contributed by atoms with E-state index in [1.54, 1.807) is 12.1 Å². The van der Waals surface area contributed by atoms with Crippen molar-refractivity contribution < 1.29 is 14.8 Å². The minimum absolute atomic E-state index is 0.0910. The van der Waals surface area contributed by atoms with Crippen LogP contribution in [0.4, 0.5) is 5.69 Å². The number of aliphatic hydroxyl groups excluding tert-OH is 1. The van der Waals surface area contributed by atoms with Crippen molar-refractivity contribution in [3.8, 4) is 5.75 Å². The average Bonchev–Trinajstić information content (AvgIpc) is 2.76. The molecule has 6 heteroatoms. The summed E-state index contributed by atoms with van der Waals surface area (Å²) in [7, 11) is 0. The van der Waals surface area contributed by atoms with Gasteiger partial charge in [-0.1, -0.05) is 54.6 Å². The van der Waals surface area contributed by atoms with Crippen LogP contribution >= 0.6 is 0 Å². The zero-order valence-electron chi connectivity index (χ0n) is 16.0. The van der Waals surface area contributed by atoms with Crippen molar-refractivity contribution in [3.63, 3.8) is 0 Å². The van der Waals surface area contributed by atoms with Crippen LogP contribution in [0.3, 0.4) is 0 Å². The molecule has 150 valence electrons. The van der Waals surface area contributed by atoms with Crippen LogP contribution in [0.1, 0.15) is 22.8 Å². The van der Waals surface area contributed by atoms with Crippen molar-refractivity contribution in [2.24, 2.45) is 0 Å². The van der Waals surface area contributed by atoms with Crippen LogP contribution < -0.4 is 10.1 Å². The largest absolute Gasteiger partial charge is 0.489 e. The molecule has 0 aliphatic carbocycles. The monoisotopic (exact) mass is 392 g/mol. The first kappa shape index (κ1) is 20.5. The molecule has 0 saturated heterocycles. The van der Waals surface area contributed by atoms with E-state index >= 15 is 0 Å². The van der Waals surface area contributed by atoms with E-state index in [-0.39, 0.29) is 5.69 Å². The maximum Gasteiger partial charge on any atom is 0.269 e. The number of nitro groups is 1. The molecule has 0 spiro atoms. The quantitative estimate of drug-likeness (QED) is 0.309. The zero-order chi connectivity index (χ0) is 20.5. The number of hydrogen-bond donors (Lipinski definition) is 2. The molecule has 1 atom stereocenters. The third-order valence-corrected chi connectivity index (χ3v) is 4.59. The number of nitrogens with zero attached hydrogens (tertiary/aromatic N) is 1. The Hall–Kier alpha value is -3.22. The van der Waals surface area contributed by atoms with Gasteiger partial charge in [0.15, 0.2) is 0 Å². The highest BCUT2D eigenvalue weighted by Gasteiger charge is 2.08. The number of benzene rings is 3. The lowest BCUT2D eigenvalue weighted by atomic mass is 10.1. The molecule has 0 aliphatic rings. The summed E-state index contributed by atoms with van der Waals surface area (Å²) in [6.45, 7) is 1.61. The highest BCUT2D eigenvalue weighted by molar-refractivity contribution is 5.33. The van der Waals surface area contributed by atoms with Crippen LogP contribution in [0.25, 0.3) is 0 Å². The summed E-state index contributed by atoms with van der Waals surface area (Å²) in [6.07, 6.45) is 0.117. The van der Waals surface area contributed by atoms with Crippen LogP contribution in [0.2, 0.25) is 0 Å². The number of rotatable bonds is 10. The first-order valence-electron chi connectivity index (χ1n) is 9.50. The molecule has 1 unspecified atom stereocenters. The van der Waals surface area contributed by atoms with Crippen molar-refractivity contribution in [1.82, 2.24) is 5.32 Å². The maximum atomic E-state index is 10.7. The van der Waals surface area contributed by atoms with Gasteiger partial charge in [-0.2, -0.15) is 0 Å². The van der Waals surface area contributed by atoms with Crippen LogP contribution in [-0.2, 0) is 13.0 Å². The smallest absolute Gasteiger partial charge is 0.269 e. The van der Waals surface area contributed by atoms with Crippen molar-refractivity contribution in [1.29, 1.82) is 0 Å². The highest BCUT2D eigenvalue weighted by Crippen LogP contribution is 2.18. The highest BCUT2D eigenvalue weighted by atomic mass is 16.6. The summed E-state index contributed by atoms with van der Waals surface area (Å²) < 4.78 is 5.76. The molecule has 0 radical (unpaired) electrons. The van der Waals surface area contributed by atoms with Gasteiger partial charge in [0.25, 0.3) is 5.69 Å². The number of ether oxygens (including phenoxy) is 1. The second kappa shape index (κ2) is 10.4. The number of hydrogen-bond acceptors (Lipinski definition) is 5. The lowest BCUT2D eigenvalue weighted by Gasteiger charge is -2.13. The Morgan fingerprint density at radius 3 is 2.28 bits per heavy atom. The third kappa shape index (κ3) is 6.41. The molecular formula is C23H24N2O4. The van der Waals surface area contributed by atoms with Gasteiger partial charge in [-0.3, -0.25) is 10.1 Å². The summed E-state index contributed by atoms with van der Waals surface area (Å²) in [6, 6.07) is 23.9. The lowest BCUT2D eigenvalue weighted by Crippen LogP contribution is -2.23. The van der Waals surface area contributed by atoms with Gasteiger partial charge in [0.2, 0.25) is 0 Å². The number of nitrogens with one attached hydrogen (secondary N) is 1. The molecule has 0 fully saturated rings. The molecule has 0 aliphatic heterocycles. The van der Waals surface area contributed by atoms with E-state index in [0.717, 1.165) is 28.9 Å². The topological polar surface area (TPSA) is 84.6 Å². The van der Waals surface area contributed by atoms with Gasteiger partial charge < -0.3 is 15.2 Å². The molecule has 6 nitrogen and oxygen atoms in total. The van der Waals surface area contributed by atoms with E-state index in [4.69, 9.17) is 4.74 Å². The molecule has 0 aromatic heterocycles. The predicted molar refractivity (Wildman–Crippen MR) is 112 cm³/mol. The molecule has 3 aromatic rings. The minimum atomic E-state index is -0.616. The molecule has 0 bridgehead atoms. The van der Waals surface area contributed by atoms with Gasteiger partial charge in [-0.25, -0.2) is 0 Å². The summed E-state index contributed by atoms with van der Waals surface area (Å²) in [5.41, 5.74) is 3.03. The van der Waals surface area contributed by atoms with E-state index in [1.165, 1.54) is 12.1 Å². The van der Waals surface area contributed by atoms with Crippen LogP contribution in [-0.4, -0.2) is 23.1 Å². The van der Waals surface area contributed by atoms with E-state index < -0.39 is 11.0 Å². The Bertz CT molecular complexity index is 896. The second-order valence-electron chi connectivity index (χ2n) is 6.74. The lowest BCUT2D eigenvalue weighted by molar-refractivity contribution is -0.384. The zero-order valence-corrected chi connectivity index (χ0v) is 16.0. The summed E-state index contributed by atoms with van der Waals surface area (Å²) in [5.74, 6) is 0.760. The van der Waals surface area contributed by atoms with Gasteiger partial charge in [-0.05, 0) is 41.8 Å². The summed E-state index contributed by atoms with van der Waals surface area (Å²) in [5, 5.41) is 24.2. The Balaban J connectivity index is 1.39. The fraction of sp³-hybridized carbons (Fsp3) is 0.217. The maximum absolute atomic E-state index is 10.7. The molecule has 0 saturated carbocycles. The third-order valence-electron chi connectivity index (χ3n) is 4.59. The molecule has 3 rings (SSSR count). The van der Waals surface area contributed by atoms with Gasteiger partial charge in [-0.15, -0.1) is 0 Å². The minimum Gasteiger partial charge on any atom is -0.489 e. The van der Waals surface area contributed by atoms with E-state index in [0.29, 0.717) is 19.7 Å².